The summed E-state index contributed by atoms with van der Waals surface area (Å²) in [5, 5.41) is 8.23. The lowest BCUT2D eigenvalue weighted by Crippen LogP contribution is -2.51. The Labute approximate surface area is 184 Å². The molecule has 7 rings (SSSR count). The topological polar surface area (TPSA) is 56.0 Å². The van der Waals surface area contributed by atoms with E-state index in [0.717, 1.165) is 37.8 Å². The maximum absolute atomic E-state index is 4.80. The van der Waals surface area contributed by atoms with E-state index in [1.54, 1.807) is 0 Å². The predicted octanol–water partition coefficient (Wildman–Crippen LogP) is 4.47. The molecule has 5 nitrogen and oxygen atoms in total. The normalized spacial score (nSPS) is 29.1. The Bertz CT molecular complexity index is 1080. The molecule has 1 aromatic carbocycles. The fraction of sp³-hybridized carbons (Fsp3) is 0.500. The highest BCUT2D eigenvalue weighted by Crippen LogP contribution is 2.66. The van der Waals surface area contributed by atoms with Gasteiger partial charge in [-0.25, -0.2) is 4.98 Å². The maximum atomic E-state index is 4.80. The number of anilines is 1. The van der Waals surface area contributed by atoms with Crippen LogP contribution in [0.15, 0.2) is 42.6 Å². The molecule has 3 N–H and O–H groups in total. The molecule has 5 heteroatoms. The third-order valence-electron chi connectivity index (χ3n) is 7.97. The number of rotatable bonds is 4. The van der Waals surface area contributed by atoms with Gasteiger partial charge in [0, 0.05) is 48.0 Å². The minimum absolute atomic E-state index is 0.295. The lowest BCUT2D eigenvalue weighted by Gasteiger charge is -2.46. The lowest BCUT2D eigenvalue weighted by molar-refractivity contribution is 0.0690. The van der Waals surface area contributed by atoms with Crippen molar-refractivity contribution in [3.05, 3.63) is 59.4 Å². The number of aromatic amines is 1. The first kappa shape index (κ1) is 19.3. The fourth-order valence-corrected chi connectivity index (χ4v) is 6.07. The number of para-hydroxylation sites is 1. The van der Waals surface area contributed by atoms with Gasteiger partial charge in [0.25, 0.3) is 0 Å². The van der Waals surface area contributed by atoms with E-state index in [4.69, 9.17) is 4.98 Å². The minimum Gasteiger partial charge on any atom is -0.365 e. The van der Waals surface area contributed by atoms with E-state index in [9.17, 15) is 0 Å². The average molecular weight is 416 g/mol. The molecular weight excluding hydrogens is 382 g/mol. The van der Waals surface area contributed by atoms with Crippen LogP contribution in [0.5, 0.6) is 0 Å². The maximum Gasteiger partial charge on any atom is 0.126 e. The van der Waals surface area contributed by atoms with Gasteiger partial charge >= 0.3 is 0 Å². The SMILES string of the molecule is CC.c1ccc2c3c([nH]c2c1)C(c1ccc(NC2CNC2)nc1)N(C12CCC1C2)CC3. The van der Waals surface area contributed by atoms with E-state index in [2.05, 4.69) is 63.1 Å². The molecule has 3 aromatic rings. The van der Waals surface area contributed by atoms with Crippen LogP contribution in [0.4, 0.5) is 5.82 Å². The predicted molar refractivity (Wildman–Crippen MR) is 126 cm³/mol. The average Bonchev–Trinajstić information content (AvgIpc) is 3.14. The number of nitrogens with zero attached hydrogens (tertiary/aromatic N) is 2. The van der Waals surface area contributed by atoms with Crippen LogP contribution in [0, 0.1) is 5.92 Å². The van der Waals surface area contributed by atoms with Crippen LogP contribution in [0.3, 0.4) is 0 Å². The van der Waals surface area contributed by atoms with E-state index in [0.29, 0.717) is 17.6 Å². The Kier molecular flexibility index (Phi) is 4.58. The van der Waals surface area contributed by atoms with Crippen LogP contribution in [0.1, 0.15) is 56.0 Å². The van der Waals surface area contributed by atoms with Gasteiger partial charge in [0.2, 0.25) is 0 Å². The Morgan fingerprint density at radius 1 is 1.13 bits per heavy atom. The zero-order chi connectivity index (χ0) is 21.0. The molecule has 0 bridgehead atoms. The molecule has 0 amide bonds. The van der Waals surface area contributed by atoms with Gasteiger partial charge in [0.1, 0.15) is 5.82 Å². The first-order valence-corrected chi connectivity index (χ1v) is 12.1. The molecule has 3 unspecified atom stereocenters. The summed E-state index contributed by atoms with van der Waals surface area (Å²) in [5.74, 6) is 1.92. The van der Waals surface area contributed by atoms with Crippen molar-refractivity contribution in [3.8, 4) is 0 Å². The van der Waals surface area contributed by atoms with E-state index in [-0.39, 0.29) is 0 Å². The Balaban J connectivity index is 0.000000902. The molecule has 0 spiro atoms. The van der Waals surface area contributed by atoms with Crippen molar-refractivity contribution in [1.82, 2.24) is 20.2 Å². The smallest absolute Gasteiger partial charge is 0.126 e. The van der Waals surface area contributed by atoms with Crippen molar-refractivity contribution in [1.29, 1.82) is 0 Å². The van der Waals surface area contributed by atoms with Gasteiger partial charge in [-0.05, 0) is 54.9 Å². The zero-order valence-electron chi connectivity index (χ0n) is 18.6. The van der Waals surface area contributed by atoms with Gasteiger partial charge in [0.15, 0.2) is 0 Å². The number of hydrogen-bond acceptors (Lipinski definition) is 4. The van der Waals surface area contributed by atoms with E-state index in [1.807, 2.05) is 13.8 Å². The van der Waals surface area contributed by atoms with Crippen molar-refractivity contribution in [2.24, 2.45) is 5.92 Å². The fourth-order valence-electron chi connectivity index (χ4n) is 6.07. The van der Waals surface area contributed by atoms with Crippen molar-refractivity contribution < 1.29 is 0 Å². The van der Waals surface area contributed by atoms with Gasteiger partial charge in [-0.15, -0.1) is 0 Å². The summed E-state index contributed by atoms with van der Waals surface area (Å²) in [6.07, 6.45) is 7.43. The van der Waals surface area contributed by atoms with Crippen molar-refractivity contribution in [2.45, 2.75) is 57.2 Å². The van der Waals surface area contributed by atoms with Crippen molar-refractivity contribution in [3.63, 3.8) is 0 Å². The third kappa shape index (κ3) is 2.94. The summed E-state index contributed by atoms with van der Waals surface area (Å²) < 4.78 is 0. The molecule has 4 aliphatic rings. The highest BCUT2D eigenvalue weighted by molar-refractivity contribution is 5.85. The van der Waals surface area contributed by atoms with E-state index in [1.165, 1.54) is 47.0 Å². The van der Waals surface area contributed by atoms with Crippen molar-refractivity contribution in [2.75, 3.05) is 25.0 Å². The summed E-state index contributed by atoms with van der Waals surface area (Å²) in [4.78, 5) is 11.4. The number of fused-ring (bicyclic) bond motifs is 4. The molecule has 3 atom stereocenters. The van der Waals surface area contributed by atoms with Crippen LogP contribution < -0.4 is 10.6 Å². The highest BCUT2D eigenvalue weighted by Gasteiger charge is 2.66. The molecule has 31 heavy (non-hydrogen) atoms. The Hall–Kier alpha value is -2.37. The molecule has 162 valence electrons. The second kappa shape index (κ2) is 7.35. The van der Waals surface area contributed by atoms with E-state index < -0.39 is 0 Å². The number of aromatic nitrogens is 2. The molecule has 2 aliphatic heterocycles. The molecular formula is C26H33N5. The summed E-state index contributed by atoms with van der Waals surface area (Å²) in [6.45, 7) is 7.22. The van der Waals surface area contributed by atoms with Crippen LogP contribution in [0.2, 0.25) is 0 Å². The Morgan fingerprint density at radius 2 is 2.00 bits per heavy atom. The quantitative estimate of drug-likeness (QED) is 0.588. The summed E-state index contributed by atoms with van der Waals surface area (Å²) >= 11 is 0. The number of H-pyrrole nitrogens is 1. The molecule has 3 fully saturated rings. The largest absolute Gasteiger partial charge is 0.365 e. The number of pyridine rings is 1. The molecule has 2 aromatic heterocycles. The first-order valence-electron chi connectivity index (χ1n) is 12.1. The summed E-state index contributed by atoms with van der Waals surface area (Å²) in [5.41, 5.74) is 5.97. The molecule has 2 aliphatic carbocycles. The van der Waals surface area contributed by atoms with Gasteiger partial charge < -0.3 is 15.6 Å². The second-order valence-corrected chi connectivity index (χ2v) is 9.43. The van der Waals surface area contributed by atoms with Crippen LogP contribution in [-0.4, -0.2) is 46.1 Å². The second-order valence-electron chi connectivity index (χ2n) is 9.43. The summed E-state index contributed by atoms with van der Waals surface area (Å²) in [6, 6.07) is 14.1. The standard InChI is InChI=1S/C24H27N5.C2H6/c1-2-4-20-18(3-1)19-8-10-29(24-9-7-16(24)11-24)23(22(19)28-20)15-5-6-21(26-12-15)27-17-13-25-14-17;1-2/h1-6,12,16-17,23,25,28H,7-11,13-14H2,(H,26,27);1-2H3. The lowest BCUT2D eigenvalue weighted by atomic mass is 9.84. The Morgan fingerprint density at radius 3 is 2.65 bits per heavy atom. The van der Waals surface area contributed by atoms with Gasteiger partial charge in [-0.1, -0.05) is 38.1 Å². The summed E-state index contributed by atoms with van der Waals surface area (Å²) in [7, 11) is 0. The molecule has 4 heterocycles. The van der Waals surface area contributed by atoms with Crippen LogP contribution in [-0.2, 0) is 6.42 Å². The minimum atomic E-state index is 0.295. The number of benzene rings is 1. The first-order chi connectivity index (χ1) is 15.3. The molecule has 0 radical (unpaired) electrons. The number of nitrogens with one attached hydrogen (secondary N) is 3. The number of hydrogen-bond donors (Lipinski definition) is 3. The van der Waals surface area contributed by atoms with Crippen LogP contribution >= 0.6 is 0 Å². The molecule has 2 saturated carbocycles. The van der Waals surface area contributed by atoms with E-state index >= 15 is 0 Å². The molecule has 1 saturated heterocycles. The third-order valence-corrected chi connectivity index (χ3v) is 7.97. The van der Waals surface area contributed by atoms with Crippen LogP contribution in [0.25, 0.3) is 10.9 Å². The zero-order valence-corrected chi connectivity index (χ0v) is 18.6. The highest BCUT2D eigenvalue weighted by atomic mass is 15.3. The monoisotopic (exact) mass is 415 g/mol. The van der Waals surface area contributed by atoms with Crippen molar-refractivity contribution >= 4 is 16.7 Å². The van der Waals surface area contributed by atoms with Gasteiger partial charge in [0.05, 0.1) is 12.1 Å². The van der Waals surface area contributed by atoms with Gasteiger partial charge in [-0.2, -0.15) is 0 Å². The van der Waals surface area contributed by atoms with Gasteiger partial charge in [-0.3, -0.25) is 4.90 Å².